The number of halogens is 1. The summed E-state index contributed by atoms with van der Waals surface area (Å²) in [6.07, 6.45) is 0.161. The van der Waals surface area contributed by atoms with Crippen LogP contribution in [0, 0.1) is 0 Å². The van der Waals surface area contributed by atoms with Crippen molar-refractivity contribution in [3.05, 3.63) is 12.2 Å². The summed E-state index contributed by atoms with van der Waals surface area (Å²) in [5, 5.41) is 12.5. The van der Waals surface area contributed by atoms with E-state index >= 15 is 0 Å². The summed E-state index contributed by atoms with van der Waals surface area (Å²) < 4.78 is 14.0. The molecule has 2 unspecified atom stereocenters. The predicted octanol–water partition coefficient (Wildman–Crippen LogP) is 0.824. The van der Waals surface area contributed by atoms with Crippen molar-refractivity contribution in [2.24, 2.45) is 0 Å². The fourth-order valence-electron chi connectivity index (χ4n) is 1.10. The van der Waals surface area contributed by atoms with Gasteiger partial charge in [0.25, 0.3) is 0 Å². The van der Waals surface area contributed by atoms with Gasteiger partial charge in [0.15, 0.2) is 0 Å². The van der Waals surface area contributed by atoms with Crippen LogP contribution in [0.2, 0.25) is 0 Å². The average molecular weight is 201 g/mol. The van der Waals surface area contributed by atoms with E-state index in [-0.39, 0.29) is 12.4 Å². The lowest BCUT2D eigenvalue weighted by atomic mass is 10.2. The van der Waals surface area contributed by atoms with Gasteiger partial charge < -0.3 is 5.11 Å². The lowest BCUT2D eigenvalue weighted by Gasteiger charge is -2.09. The van der Waals surface area contributed by atoms with Gasteiger partial charge in [-0.2, -0.15) is 5.10 Å². The van der Waals surface area contributed by atoms with Crippen molar-refractivity contribution in [3.63, 3.8) is 0 Å². The summed E-state index contributed by atoms with van der Waals surface area (Å²) in [5.74, 6) is -1.48. The minimum atomic E-state index is -1.07. The fourth-order valence-corrected chi connectivity index (χ4v) is 1.10. The molecule has 0 aliphatic carbocycles. The maximum absolute atomic E-state index is 12.7. The molecule has 1 aromatic heterocycles. The quantitative estimate of drug-likeness (QED) is 0.783. The molecule has 0 fully saturated rings. The first-order valence-electron chi connectivity index (χ1n) is 4.27. The van der Waals surface area contributed by atoms with Crippen LogP contribution >= 0.6 is 0 Å². The van der Waals surface area contributed by atoms with E-state index in [4.69, 9.17) is 5.11 Å². The van der Waals surface area contributed by atoms with E-state index in [2.05, 4.69) is 10.1 Å². The molecule has 1 heterocycles. The third kappa shape index (κ3) is 2.27. The number of hydrogen-bond donors (Lipinski definition) is 1. The Labute approximate surface area is 80.6 Å². The molecule has 0 amide bonds. The van der Waals surface area contributed by atoms with Crippen LogP contribution in [0.4, 0.5) is 4.39 Å². The Morgan fingerprint density at radius 3 is 2.86 bits per heavy atom. The van der Waals surface area contributed by atoms with Gasteiger partial charge in [0, 0.05) is 0 Å². The smallest absolute Gasteiger partial charge is 0.313 e. The van der Waals surface area contributed by atoms with Crippen molar-refractivity contribution in [1.82, 2.24) is 14.8 Å². The Balaban J connectivity index is 2.86. The Kier molecular flexibility index (Phi) is 3.16. The predicted molar refractivity (Wildman–Crippen MR) is 46.6 cm³/mol. The van der Waals surface area contributed by atoms with Crippen molar-refractivity contribution < 1.29 is 14.3 Å². The van der Waals surface area contributed by atoms with Crippen LogP contribution in [0.1, 0.15) is 25.6 Å². The highest BCUT2D eigenvalue weighted by Crippen LogP contribution is 2.12. The lowest BCUT2D eigenvalue weighted by Crippen LogP contribution is -2.18. The van der Waals surface area contributed by atoms with Gasteiger partial charge in [-0.15, -0.1) is 0 Å². The molecule has 78 valence electrons. The van der Waals surface area contributed by atoms with Crippen LogP contribution in [0.15, 0.2) is 6.33 Å². The van der Waals surface area contributed by atoms with Crippen molar-refractivity contribution in [3.8, 4) is 0 Å². The zero-order chi connectivity index (χ0) is 10.7. The molecular formula is C8H12FN3O2. The Hall–Kier alpha value is -1.46. The van der Waals surface area contributed by atoms with Gasteiger partial charge in [-0.3, -0.25) is 4.79 Å². The standard InChI is InChI=1S/C8H12FN3O2/c1-5(9)3-12-7(10-4-11-12)6(2)8(13)14/h4-6H,3H2,1-2H3,(H,13,14). The minimum Gasteiger partial charge on any atom is -0.481 e. The molecule has 1 rings (SSSR count). The van der Waals surface area contributed by atoms with Gasteiger partial charge in [-0.25, -0.2) is 14.1 Å². The molecule has 0 aliphatic heterocycles. The number of aliphatic carboxylic acids is 1. The lowest BCUT2D eigenvalue weighted by molar-refractivity contribution is -0.138. The molecule has 0 aliphatic rings. The molecular weight excluding hydrogens is 189 g/mol. The zero-order valence-electron chi connectivity index (χ0n) is 8.01. The first-order chi connectivity index (χ1) is 6.52. The molecule has 2 atom stereocenters. The first kappa shape index (κ1) is 10.6. The van der Waals surface area contributed by atoms with Crippen molar-refractivity contribution in [2.45, 2.75) is 32.5 Å². The molecule has 0 aromatic carbocycles. The van der Waals surface area contributed by atoms with E-state index in [9.17, 15) is 9.18 Å². The van der Waals surface area contributed by atoms with Gasteiger partial charge in [-0.05, 0) is 13.8 Å². The van der Waals surface area contributed by atoms with Gasteiger partial charge in [0.2, 0.25) is 0 Å². The van der Waals surface area contributed by atoms with E-state index in [1.54, 1.807) is 0 Å². The largest absolute Gasteiger partial charge is 0.481 e. The van der Waals surface area contributed by atoms with Crippen LogP contribution < -0.4 is 0 Å². The van der Waals surface area contributed by atoms with Gasteiger partial charge >= 0.3 is 5.97 Å². The highest BCUT2D eigenvalue weighted by molar-refractivity contribution is 5.74. The highest BCUT2D eigenvalue weighted by atomic mass is 19.1. The summed E-state index contributed by atoms with van der Waals surface area (Å²) in [6, 6.07) is 0. The van der Waals surface area contributed by atoms with Crippen molar-refractivity contribution >= 4 is 5.97 Å². The fraction of sp³-hybridized carbons (Fsp3) is 0.625. The van der Waals surface area contributed by atoms with Crippen LogP contribution in [-0.2, 0) is 11.3 Å². The topological polar surface area (TPSA) is 68.0 Å². The van der Waals surface area contributed by atoms with Crippen molar-refractivity contribution in [2.75, 3.05) is 0 Å². The summed E-state index contributed by atoms with van der Waals surface area (Å²) >= 11 is 0. The molecule has 0 saturated carbocycles. The van der Waals surface area contributed by atoms with Crippen LogP contribution in [0.3, 0.4) is 0 Å². The Morgan fingerprint density at radius 1 is 1.71 bits per heavy atom. The molecule has 0 radical (unpaired) electrons. The average Bonchev–Trinajstić information content (AvgIpc) is 2.49. The molecule has 0 bridgehead atoms. The highest BCUT2D eigenvalue weighted by Gasteiger charge is 2.20. The molecule has 6 heteroatoms. The van der Waals surface area contributed by atoms with Crippen LogP contribution in [-0.4, -0.2) is 32.0 Å². The van der Waals surface area contributed by atoms with Crippen LogP contribution in [0.5, 0.6) is 0 Å². The molecule has 0 spiro atoms. The van der Waals surface area contributed by atoms with Gasteiger partial charge in [0.1, 0.15) is 24.2 Å². The summed E-state index contributed by atoms with van der Waals surface area (Å²) in [4.78, 5) is 14.5. The number of alkyl halides is 1. The zero-order valence-corrected chi connectivity index (χ0v) is 8.01. The van der Waals surface area contributed by atoms with Gasteiger partial charge in [-0.1, -0.05) is 0 Å². The maximum Gasteiger partial charge on any atom is 0.313 e. The maximum atomic E-state index is 12.7. The molecule has 1 aromatic rings. The van der Waals surface area contributed by atoms with E-state index < -0.39 is 18.1 Å². The van der Waals surface area contributed by atoms with Crippen LogP contribution in [0.25, 0.3) is 0 Å². The summed E-state index contributed by atoms with van der Waals surface area (Å²) in [5.41, 5.74) is 0. The van der Waals surface area contributed by atoms with E-state index in [0.717, 1.165) is 0 Å². The molecule has 14 heavy (non-hydrogen) atoms. The molecule has 1 N–H and O–H groups in total. The molecule has 5 nitrogen and oxygen atoms in total. The van der Waals surface area contributed by atoms with E-state index in [1.807, 2.05) is 0 Å². The van der Waals surface area contributed by atoms with E-state index in [0.29, 0.717) is 0 Å². The minimum absolute atomic E-state index is 0.0347. The second-order valence-corrected chi connectivity index (χ2v) is 3.14. The number of aromatic nitrogens is 3. The monoisotopic (exact) mass is 201 g/mol. The first-order valence-corrected chi connectivity index (χ1v) is 4.27. The number of carboxylic acid groups (broad SMARTS) is 1. The van der Waals surface area contributed by atoms with Gasteiger partial charge in [0.05, 0.1) is 6.54 Å². The summed E-state index contributed by atoms with van der Waals surface area (Å²) in [6.45, 7) is 2.91. The number of nitrogens with zero attached hydrogens (tertiary/aromatic N) is 3. The number of hydrogen-bond acceptors (Lipinski definition) is 3. The Bertz CT molecular complexity index is 324. The number of rotatable bonds is 4. The molecule has 0 saturated heterocycles. The van der Waals surface area contributed by atoms with Crippen molar-refractivity contribution in [1.29, 1.82) is 0 Å². The normalized spacial score (nSPS) is 15.1. The third-order valence-electron chi connectivity index (χ3n) is 1.83. The summed E-state index contributed by atoms with van der Waals surface area (Å²) in [7, 11) is 0. The number of carboxylic acids is 1. The third-order valence-corrected chi connectivity index (χ3v) is 1.83. The Morgan fingerprint density at radius 2 is 2.36 bits per heavy atom. The second kappa shape index (κ2) is 4.17. The second-order valence-electron chi connectivity index (χ2n) is 3.14. The SMILES string of the molecule is CC(F)Cn1ncnc1C(C)C(=O)O. The van der Waals surface area contributed by atoms with E-state index in [1.165, 1.54) is 24.9 Å². The number of carbonyl (C=O) groups is 1.